The zero-order valence-electron chi connectivity index (χ0n) is 10.2. The summed E-state index contributed by atoms with van der Waals surface area (Å²) < 4.78 is 26.1. The smallest absolute Gasteiger partial charge is 0.260 e. The lowest BCUT2D eigenvalue weighted by Crippen LogP contribution is -2.32. The highest BCUT2D eigenvalue weighted by molar-refractivity contribution is 7.89. The molecule has 1 aromatic heterocycles. The van der Waals surface area contributed by atoms with E-state index in [-0.39, 0.29) is 24.0 Å². The number of imidazole rings is 1. The summed E-state index contributed by atoms with van der Waals surface area (Å²) in [4.78, 5) is 6.36. The van der Waals surface area contributed by atoms with Gasteiger partial charge in [-0.2, -0.15) is 4.31 Å². The molecule has 0 amide bonds. The minimum Gasteiger partial charge on any atom is -0.335 e. The van der Waals surface area contributed by atoms with Gasteiger partial charge in [-0.25, -0.2) is 13.4 Å². The van der Waals surface area contributed by atoms with E-state index in [0.717, 1.165) is 5.56 Å². The van der Waals surface area contributed by atoms with Crippen molar-refractivity contribution < 1.29 is 8.42 Å². The summed E-state index contributed by atoms with van der Waals surface area (Å²) >= 11 is 5.70. The number of aromatic amines is 1. The molecule has 1 N–H and O–H groups in total. The van der Waals surface area contributed by atoms with Crippen LogP contribution in [0.2, 0.25) is 0 Å². The number of hydrogen-bond donors (Lipinski definition) is 1. The Balaban J connectivity index is 2.26. The molecule has 2 aromatic rings. The van der Waals surface area contributed by atoms with Crippen LogP contribution in [0.1, 0.15) is 5.56 Å². The minimum atomic E-state index is -3.59. The molecule has 1 aromatic carbocycles. The Hall–Kier alpha value is -1.37. The van der Waals surface area contributed by atoms with Gasteiger partial charge in [0.05, 0.1) is 12.5 Å². The number of rotatable bonds is 6. The van der Waals surface area contributed by atoms with Gasteiger partial charge >= 0.3 is 0 Å². The van der Waals surface area contributed by atoms with Crippen LogP contribution in [-0.2, 0) is 16.6 Å². The molecule has 0 saturated heterocycles. The Morgan fingerprint density at radius 1 is 1.26 bits per heavy atom. The normalized spacial score (nSPS) is 11.9. The van der Waals surface area contributed by atoms with E-state index in [1.165, 1.54) is 16.8 Å². The first-order valence-electron chi connectivity index (χ1n) is 5.73. The maximum atomic E-state index is 12.4. The number of hydrogen-bond acceptors (Lipinski definition) is 3. The first kappa shape index (κ1) is 14.0. The number of aromatic nitrogens is 2. The van der Waals surface area contributed by atoms with E-state index in [0.29, 0.717) is 0 Å². The van der Waals surface area contributed by atoms with Crippen LogP contribution in [0.3, 0.4) is 0 Å². The molecule has 2 rings (SSSR count). The molecule has 0 fully saturated rings. The van der Waals surface area contributed by atoms with Crippen LogP contribution in [0.5, 0.6) is 0 Å². The molecule has 0 aliphatic heterocycles. The molecule has 0 unspecified atom stereocenters. The van der Waals surface area contributed by atoms with Crippen molar-refractivity contribution in [2.45, 2.75) is 11.6 Å². The van der Waals surface area contributed by atoms with Crippen molar-refractivity contribution in [2.75, 3.05) is 12.4 Å². The Labute approximate surface area is 117 Å². The van der Waals surface area contributed by atoms with Crippen LogP contribution in [-0.4, -0.2) is 35.1 Å². The van der Waals surface area contributed by atoms with Crippen molar-refractivity contribution in [2.24, 2.45) is 0 Å². The molecule has 0 radical (unpaired) electrons. The van der Waals surface area contributed by atoms with Crippen molar-refractivity contribution in [1.29, 1.82) is 0 Å². The number of halogens is 1. The van der Waals surface area contributed by atoms with Gasteiger partial charge in [-0.3, -0.25) is 0 Å². The zero-order valence-corrected chi connectivity index (χ0v) is 11.7. The molecule has 7 heteroatoms. The zero-order chi connectivity index (χ0) is 13.7. The summed E-state index contributed by atoms with van der Waals surface area (Å²) in [7, 11) is -3.59. The number of sulfonamides is 1. The van der Waals surface area contributed by atoms with E-state index >= 15 is 0 Å². The van der Waals surface area contributed by atoms with Gasteiger partial charge in [0.2, 0.25) is 0 Å². The number of alkyl halides is 1. The van der Waals surface area contributed by atoms with Crippen LogP contribution >= 0.6 is 11.6 Å². The average Bonchev–Trinajstić information content (AvgIpc) is 2.94. The fourth-order valence-electron chi connectivity index (χ4n) is 1.69. The molecule has 0 spiro atoms. The molecule has 19 heavy (non-hydrogen) atoms. The van der Waals surface area contributed by atoms with Crippen LogP contribution in [0.15, 0.2) is 47.9 Å². The van der Waals surface area contributed by atoms with Crippen LogP contribution in [0.4, 0.5) is 0 Å². The monoisotopic (exact) mass is 299 g/mol. The number of nitrogens with zero attached hydrogens (tertiary/aromatic N) is 2. The fraction of sp³-hybridized carbons (Fsp3) is 0.250. The molecule has 0 saturated carbocycles. The average molecular weight is 300 g/mol. The fourth-order valence-corrected chi connectivity index (χ4v) is 3.32. The summed E-state index contributed by atoms with van der Waals surface area (Å²) in [5.74, 6) is 0.236. The predicted molar refractivity (Wildman–Crippen MR) is 73.3 cm³/mol. The first-order chi connectivity index (χ1) is 9.14. The van der Waals surface area contributed by atoms with Gasteiger partial charge in [0.25, 0.3) is 10.0 Å². The molecule has 102 valence electrons. The molecule has 0 aliphatic rings. The molecule has 1 heterocycles. The maximum absolute atomic E-state index is 12.4. The minimum absolute atomic E-state index is 0.0774. The van der Waals surface area contributed by atoms with Crippen molar-refractivity contribution in [1.82, 2.24) is 14.3 Å². The second-order valence-electron chi connectivity index (χ2n) is 3.93. The summed E-state index contributed by atoms with van der Waals surface area (Å²) in [6, 6.07) is 9.39. The summed E-state index contributed by atoms with van der Waals surface area (Å²) in [6.45, 7) is 0.534. The Morgan fingerprint density at radius 2 is 2.00 bits per heavy atom. The quantitative estimate of drug-likeness (QED) is 0.828. The van der Waals surface area contributed by atoms with E-state index in [4.69, 9.17) is 11.6 Å². The number of benzene rings is 1. The van der Waals surface area contributed by atoms with Crippen LogP contribution in [0.25, 0.3) is 0 Å². The third-order valence-corrected chi connectivity index (χ3v) is 4.57. The van der Waals surface area contributed by atoms with Gasteiger partial charge < -0.3 is 4.98 Å². The maximum Gasteiger partial charge on any atom is 0.260 e. The summed E-state index contributed by atoms with van der Waals surface area (Å²) in [5.41, 5.74) is 0.913. The Morgan fingerprint density at radius 3 is 2.58 bits per heavy atom. The highest BCUT2D eigenvalue weighted by Crippen LogP contribution is 2.15. The van der Waals surface area contributed by atoms with E-state index in [2.05, 4.69) is 9.97 Å². The van der Waals surface area contributed by atoms with Crippen molar-refractivity contribution in [3.05, 3.63) is 48.4 Å². The van der Waals surface area contributed by atoms with Crippen molar-refractivity contribution >= 4 is 21.6 Å². The predicted octanol–water partition coefficient (Wildman–Crippen LogP) is 1.84. The molecule has 0 aliphatic carbocycles. The van der Waals surface area contributed by atoms with Gasteiger partial charge in [0.1, 0.15) is 0 Å². The SMILES string of the molecule is O=S(=O)(c1cnc[nH]1)N(CCCl)Cc1ccccc1. The summed E-state index contributed by atoms with van der Waals surface area (Å²) in [5, 5.41) is 0.0774. The van der Waals surface area contributed by atoms with E-state index < -0.39 is 10.0 Å². The van der Waals surface area contributed by atoms with Crippen molar-refractivity contribution in [3.8, 4) is 0 Å². The Bertz CT molecular complexity index is 599. The van der Waals surface area contributed by atoms with Crippen molar-refractivity contribution in [3.63, 3.8) is 0 Å². The number of H-pyrrole nitrogens is 1. The standard InChI is InChI=1S/C12H14ClN3O2S/c13-6-7-16(9-11-4-2-1-3-5-11)19(17,18)12-8-14-10-15-12/h1-5,8,10H,6-7,9H2,(H,14,15). The lowest BCUT2D eigenvalue weighted by molar-refractivity contribution is 0.423. The van der Waals surface area contributed by atoms with Gasteiger partial charge in [-0.15, -0.1) is 11.6 Å². The summed E-state index contributed by atoms with van der Waals surface area (Å²) in [6.07, 6.45) is 2.63. The van der Waals surface area contributed by atoms with E-state index in [9.17, 15) is 8.42 Å². The third-order valence-electron chi connectivity index (χ3n) is 2.63. The van der Waals surface area contributed by atoms with Gasteiger partial charge in [-0.1, -0.05) is 30.3 Å². The molecular formula is C12H14ClN3O2S. The highest BCUT2D eigenvalue weighted by atomic mass is 35.5. The third kappa shape index (κ3) is 3.34. The molecule has 0 atom stereocenters. The molecule has 5 nitrogen and oxygen atoms in total. The van der Waals surface area contributed by atoms with Gasteiger partial charge in [0, 0.05) is 19.0 Å². The number of nitrogens with one attached hydrogen (secondary N) is 1. The lowest BCUT2D eigenvalue weighted by atomic mass is 10.2. The van der Waals surface area contributed by atoms with Gasteiger partial charge in [0.15, 0.2) is 5.03 Å². The van der Waals surface area contributed by atoms with Crippen LogP contribution in [0, 0.1) is 0 Å². The van der Waals surface area contributed by atoms with Gasteiger partial charge in [-0.05, 0) is 5.56 Å². The largest absolute Gasteiger partial charge is 0.335 e. The van der Waals surface area contributed by atoms with E-state index in [1.807, 2.05) is 30.3 Å². The Kier molecular flexibility index (Phi) is 4.57. The lowest BCUT2D eigenvalue weighted by Gasteiger charge is -2.20. The molecule has 0 bridgehead atoms. The second kappa shape index (κ2) is 6.18. The topological polar surface area (TPSA) is 66.1 Å². The highest BCUT2D eigenvalue weighted by Gasteiger charge is 2.25. The van der Waals surface area contributed by atoms with Crippen LogP contribution < -0.4 is 0 Å². The second-order valence-corrected chi connectivity index (χ2v) is 6.21. The first-order valence-corrected chi connectivity index (χ1v) is 7.70. The van der Waals surface area contributed by atoms with E-state index in [1.54, 1.807) is 0 Å². The molecular weight excluding hydrogens is 286 g/mol.